The van der Waals surface area contributed by atoms with E-state index in [-0.39, 0.29) is 10.7 Å². The second-order valence-electron chi connectivity index (χ2n) is 4.48. The third kappa shape index (κ3) is 4.00. The number of benzene rings is 2. The summed E-state index contributed by atoms with van der Waals surface area (Å²) in [6.07, 6.45) is 0. The summed E-state index contributed by atoms with van der Waals surface area (Å²) in [5.41, 5.74) is -0.742. The van der Waals surface area contributed by atoms with Crippen LogP contribution in [0.5, 0.6) is 0 Å². The van der Waals surface area contributed by atoms with Gasteiger partial charge >= 0.3 is 0 Å². The Balaban J connectivity index is 2.43. The lowest BCUT2D eigenvalue weighted by molar-refractivity contribution is -0.384. The summed E-state index contributed by atoms with van der Waals surface area (Å²) in [5, 5.41) is 10.6. The van der Waals surface area contributed by atoms with Gasteiger partial charge in [0.05, 0.1) is 20.4 Å². The molecule has 0 amide bonds. The number of nitrogens with zero attached hydrogens (tertiary/aromatic N) is 1. The molecule has 0 aliphatic rings. The van der Waals surface area contributed by atoms with E-state index < -0.39 is 40.5 Å². The maximum atomic E-state index is 12.3. The number of rotatable bonds is 5. The molecule has 0 atom stereocenters. The van der Waals surface area contributed by atoms with Gasteiger partial charge in [-0.15, -0.1) is 0 Å². The van der Waals surface area contributed by atoms with Crippen LogP contribution >= 0.6 is 11.6 Å². The Bertz CT molecular complexity index is 1020. The topological polar surface area (TPSA) is 144 Å². The third-order valence-corrected chi connectivity index (χ3v) is 5.36. The molecule has 2 aromatic rings. The molecule has 9 nitrogen and oxygen atoms in total. The van der Waals surface area contributed by atoms with Crippen LogP contribution < -0.4 is 4.72 Å². The molecule has 0 fully saturated rings. The molecule has 0 aliphatic carbocycles. The van der Waals surface area contributed by atoms with E-state index in [1.807, 2.05) is 0 Å². The first-order valence-electron chi connectivity index (χ1n) is 6.05. The van der Waals surface area contributed by atoms with Crippen molar-refractivity contribution < 1.29 is 26.3 Å². The lowest BCUT2D eigenvalue weighted by atomic mass is 10.3. The minimum absolute atomic E-state index is 0.150. The number of sulfonamides is 1. The van der Waals surface area contributed by atoms with Crippen LogP contribution in [0.25, 0.3) is 0 Å². The summed E-state index contributed by atoms with van der Waals surface area (Å²) in [6.45, 7) is 0. The highest BCUT2D eigenvalue weighted by Gasteiger charge is 2.21. The van der Waals surface area contributed by atoms with Crippen LogP contribution in [0.15, 0.2) is 52.3 Å². The first-order chi connectivity index (χ1) is 11.0. The van der Waals surface area contributed by atoms with Crippen molar-refractivity contribution in [3.63, 3.8) is 0 Å². The predicted molar refractivity (Wildman–Crippen MR) is 85.2 cm³/mol. The van der Waals surface area contributed by atoms with E-state index in [1.54, 1.807) is 0 Å². The number of anilines is 1. The van der Waals surface area contributed by atoms with E-state index in [1.165, 1.54) is 12.1 Å². The maximum absolute atomic E-state index is 12.3. The van der Waals surface area contributed by atoms with Crippen LogP contribution in [-0.2, 0) is 20.1 Å². The maximum Gasteiger partial charge on any atom is 0.294 e. The van der Waals surface area contributed by atoms with Crippen LogP contribution in [0.2, 0.25) is 5.02 Å². The van der Waals surface area contributed by atoms with Gasteiger partial charge in [-0.3, -0.25) is 19.4 Å². The molecule has 0 unspecified atom stereocenters. The molecule has 24 heavy (non-hydrogen) atoms. The summed E-state index contributed by atoms with van der Waals surface area (Å²) in [5.74, 6) is 0. The molecule has 2 N–H and O–H groups in total. The molecule has 2 aromatic carbocycles. The van der Waals surface area contributed by atoms with Crippen molar-refractivity contribution in [3.05, 3.63) is 57.6 Å². The van der Waals surface area contributed by atoms with E-state index in [2.05, 4.69) is 4.72 Å². The number of nitrogens with one attached hydrogen (secondary N) is 1. The Hall–Kier alpha value is -2.21. The second-order valence-corrected chi connectivity index (χ2v) is 7.99. The van der Waals surface area contributed by atoms with Crippen LogP contribution in [0.3, 0.4) is 0 Å². The van der Waals surface area contributed by atoms with Gasteiger partial charge in [0.25, 0.3) is 25.8 Å². The molecule has 0 saturated carbocycles. The Morgan fingerprint density at radius 2 is 1.71 bits per heavy atom. The van der Waals surface area contributed by atoms with Crippen molar-refractivity contribution in [2.24, 2.45) is 0 Å². The summed E-state index contributed by atoms with van der Waals surface area (Å²) in [6, 6.07) is 7.32. The smallest absolute Gasteiger partial charge is 0.282 e. The normalized spacial score (nSPS) is 11.9. The highest BCUT2D eigenvalue weighted by atomic mass is 35.5. The molecule has 0 aliphatic heterocycles. The van der Waals surface area contributed by atoms with Crippen LogP contribution in [0.4, 0.5) is 11.4 Å². The van der Waals surface area contributed by atoms with E-state index in [0.717, 1.165) is 30.3 Å². The number of halogens is 1. The molecule has 0 saturated heterocycles. The molecule has 0 heterocycles. The first-order valence-corrected chi connectivity index (χ1v) is 9.35. The molecule has 0 spiro atoms. The first kappa shape index (κ1) is 18.1. The van der Waals surface area contributed by atoms with Gasteiger partial charge in [-0.2, -0.15) is 8.42 Å². The van der Waals surface area contributed by atoms with Gasteiger partial charge in [0, 0.05) is 6.07 Å². The summed E-state index contributed by atoms with van der Waals surface area (Å²) >= 11 is 5.62. The zero-order valence-electron chi connectivity index (χ0n) is 11.6. The average Bonchev–Trinajstić information content (AvgIpc) is 2.46. The molecule has 0 aromatic heterocycles. The van der Waals surface area contributed by atoms with Gasteiger partial charge in [0.1, 0.15) is 5.02 Å². The fraction of sp³-hybridized carbons (Fsp3) is 0. The minimum Gasteiger partial charge on any atom is -0.282 e. The van der Waals surface area contributed by atoms with Crippen molar-refractivity contribution >= 4 is 43.1 Å². The Morgan fingerprint density at radius 1 is 1.04 bits per heavy atom. The molecule has 2 rings (SSSR count). The lowest BCUT2D eigenvalue weighted by Crippen LogP contribution is -2.13. The van der Waals surface area contributed by atoms with E-state index in [0.29, 0.717) is 0 Å². The van der Waals surface area contributed by atoms with E-state index >= 15 is 0 Å². The fourth-order valence-corrected chi connectivity index (χ4v) is 3.52. The standard InChI is InChI=1S/C12H9ClN2O7S2/c13-11-5-4-9(7-12(11)15(16)17)23(18,19)14-8-2-1-3-10(6-8)24(20,21)22/h1-7,14H,(H,20,21,22). The summed E-state index contributed by atoms with van der Waals surface area (Å²) in [7, 11) is -8.75. The molecule has 12 heteroatoms. The third-order valence-electron chi connectivity index (χ3n) is 2.81. The monoisotopic (exact) mass is 392 g/mol. The number of hydrogen-bond acceptors (Lipinski definition) is 6. The van der Waals surface area contributed by atoms with Crippen LogP contribution in [0, 0.1) is 10.1 Å². The molecular weight excluding hydrogens is 384 g/mol. The van der Waals surface area contributed by atoms with Crippen molar-refractivity contribution in [1.29, 1.82) is 0 Å². The van der Waals surface area contributed by atoms with Crippen molar-refractivity contribution in [3.8, 4) is 0 Å². The van der Waals surface area contributed by atoms with Crippen LogP contribution in [-0.4, -0.2) is 26.3 Å². The number of hydrogen-bond donors (Lipinski definition) is 2. The largest absolute Gasteiger partial charge is 0.294 e. The fourth-order valence-electron chi connectivity index (χ4n) is 1.73. The van der Waals surface area contributed by atoms with E-state index in [9.17, 15) is 26.9 Å². The highest BCUT2D eigenvalue weighted by Crippen LogP contribution is 2.28. The Labute approximate surface area is 141 Å². The zero-order chi connectivity index (χ0) is 18.1. The average molecular weight is 393 g/mol. The zero-order valence-corrected chi connectivity index (χ0v) is 14.0. The quantitative estimate of drug-likeness (QED) is 0.451. The lowest BCUT2D eigenvalue weighted by Gasteiger charge is -2.09. The van der Waals surface area contributed by atoms with Gasteiger partial charge in [-0.25, -0.2) is 8.42 Å². The summed E-state index contributed by atoms with van der Waals surface area (Å²) in [4.78, 5) is 9.05. The van der Waals surface area contributed by atoms with Gasteiger partial charge < -0.3 is 0 Å². The Kier molecular flexibility index (Phi) is 4.80. The number of nitro groups is 1. The molecular formula is C12H9ClN2O7S2. The second kappa shape index (κ2) is 6.36. The van der Waals surface area contributed by atoms with E-state index in [4.69, 9.17) is 16.2 Å². The van der Waals surface area contributed by atoms with Crippen molar-refractivity contribution in [1.82, 2.24) is 0 Å². The van der Waals surface area contributed by atoms with Gasteiger partial charge in [0.15, 0.2) is 0 Å². The minimum atomic E-state index is -4.51. The summed E-state index contributed by atoms with van der Waals surface area (Å²) < 4.78 is 57.7. The van der Waals surface area contributed by atoms with Crippen molar-refractivity contribution in [2.75, 3.05) is 4.72 Å². The van der Waals surface area contributed by atoms with Gasteiger partial charge in [-0.05, 0) is 30.3 Å². The highest BCUT2D eigenvalue weighted by molar-refractivity contribution is 7.92. The Morgan fingerprint density at radius 3 is 2.29 bits per heavy atom. The SMILES string of the molecule is O=[N+]([O-])c1cc(S(=O)(=O)Nc2cccc(S(=O)(=O)O)c2)ccc1Cl. The predicted octanol–water partition coefficient (Wildman–Crippen LogP) is 2.30. The van der Waals surface area contributed by atoms with Gasteiger partial charge in [-0.1, -0.05) is 17.7 Å². The molecule has 0 bridgehead atoms. The van der Waals surface area contributed by atoms with Gasteiger partial charge in [0.2, 0.25) is 0 Å². The van der Waals surface area contributed by atoms with Crippen molar-refractivity contribution in [2.45, 2.75) is 9.79 Å². The van der Waals surface area contributed by atoms with Crippen LogP contribution in [0.1, 0.15) is 0 Å². The molecule has 0 radical (unpaired) electrons. The number of nitro benzene ring substituents is 1. The molecule has 128 valence electrons.